The van der Waals surface area contributed by atoms with E-state index in [0.29, 0.717) is 17.7 Å². The van der Waals surface area contributed by atoms with E-state index >= 15 is 0 Å². The summed E-state index contributed by atoms with van der Waals surface area (Å²) >= 11 is 0. The van der Waals surface area contributed by atoms with Gasteiger partial charge >= 0.3 is 6.98 Å². The van der Waals surface area contributed by atoms with Gasteiger partial charge < -0.3 is 22.6 Å². The zero-order valence-electron chi connectivity index (χ0n) is 11.4. The molecule has 0 aromatic heterocycles. The molecule has 2 nitrogen and oxygen atoms in total. The van der Waals surface area contributed by atoms with Crippen LogP contribution in [-0.2, 0) is 0 Å². The average Bonchev–Trinajstić information content (AvgIpc) is 2.36. The Bertz CT molecular complexity index is 598. The van der Waals surface area contributed by atoms with Gasteiger partial charge in [0.1, 0.15) is 12.4 Å². The molecule has 0 unspecified atom stereocenters. The predicted octanol–water partition coefficient (Wildman–Crippen LogP) is 2.83. The first kappa shape index (κ1) is 14.7. The monoisotopic (exact) mass is 282 g/mol. The molecule has 0 radical (unpaired) electrons. The third-order valence-corrected chi connectivity index (χ3v) is 3.02. The highest BCUT2D eigenvalue weighted by atomic mass is 19.4. The first-order valence-corrected chi connectivity index (χ1v) is 6.37. The molecule has 2 aromatic carbocycles. The van der Waals surface area contributed by atoms with Crippen LogP contribution in [0, 0.1) is 0 Å². The van der Waals surface area contributed by atoms with Crippen LogP contribution in [-0.4, -0.2) is 39.1 Å². The number of likely N-dealkylation sites (N-methyl/N-ethyl adjacent to an activating group) is 1. The van der Waals surface area contributed by atoms with Gasteiger partial charge in [0.15, 0.2) is 0 Å². The van der Waals surface area contributed by atoms with Crippen molar-refractivity contribution in [1.29, 1.82) is 0 Å². The Morgan fingerprint density at radius 1 is 1.00 bits per heavy atom. The summed E-state index contributed by atoms with van der Waals surface area (Å²) in [7, 11) is 3.90. The molecule has 6 heteroatoms. The van der Waals surface area contributed by atoms with Crippen LogP contribution in [0.3, 0.4) is 0 Å². The molecule has 0 saturated heterocycles. The second-order valence-corrected chi connectivity index (χ2v) is 4.99. The lowest BCUT2D eigenvalue weighted by Gasteiger charge is -2.16. The lowest BCUT2D eigenvalue weighted by Crippen LogP contribution is -2.33. The van der Waals surface area contributed by atoms with Crippen LogP contribution in [0.1, 0.15) is 0 Å². The van der Waals surface area contributed by atoms with E-state index in [0.717, 1.165) is 18.0 Å². The van der Waals surface area contributed by atoms with Crippen molar-refractivity contribution in [2.75, 3.05) is 27.2 Å². The molecule has 2 rings (SSSR count). The molecule has 0 aliphatic carbocycles. The Morgan fingerprint density at radius 3 is 2.30 bits per heavy atom. The molecule has 108 valence electrons. The number of rotatable bonds is 5. The van der Waals surface area contributed by atoms with Gasteiger partial charge in [-0.1, -0.05) is 24.3 Å². The summed E-state index contributed by atoms with van der Waals surface area (Å²) < 4.78 is 43.6. The van der Waals surface area contributed by atoms with Crippen LogP contribution in [0.5, 0.6) is 5.75 Å². The molecule has 0 N–H and O–H groups in total. The van der Waals surface area contributed by atoms with E-state index in [9.17, 15) is 12.9 Å². The second kappa shape index (κ2) is 5.75. The maximum atomic E-state index is 12.7. The molecule has 0 fully saturated rings. The first-order valence-electron chi connectivity index (χ1n) is 6.37. The van der Waals surface area contributed by atoms with Crippen LogP contribution in [0.25, 0.3) is 10.8 Å². The van der Waals surface area contributed by atoms with Gasteiger partial charge in [-0.25, -0.2) is 0 Å². The minimum absolute atomic E-state index is 0.544. The van der Waals surface area contributed by atoms with E-state index in [4.69, 9.17) is 4.74 Å². The zero-order chi connectivity index (χ0) is 14.8. The molecule has 0 spiro atoms. The summed E-state index contributed by atoms with van der Waals surface area (Å²) in [6.45, 7) is -3.62. The normalized spacial score (nSPS) is 12.1. The number of fused-ring (bicyclic) bond motifs is 1. The fourth-order valence-electron chi connectivity index (χ4n) is 1.88. The zero-order valence-corrected chi connectivity index (χ0v) is 11.4. The Morgan fingerprint density at radius 2 is 1.65 bits per heavy atom. The molecule has 0 bridgehead atoms. The van der Waals surface area contributed by atoms with Crippen molar-refractivity contribution < 1.29 is 17.7 Å². The van der Waals surface area contributed by atoms with Crippen molar-refractivity contribution in [3.8, 4) is 5.75 Å². The minimum Gasteiger partial charge on any atom is -0.492 e. The fourth-order valence-corrected chi connectivity index (χ4v) is 1.88. The summed E-state index contributed by atoms with van der Waals surface area (Å²) in [5, 5.41) is 1.32. The van der Waals surface area contributed by atoms with E-state index in [-0.39, 0.29) is 0 Å². The lowest BCUT2D eigenvalue weighted by molar-refractivity contribution is 0.261. The third-order valence-electron chi connectivity index (χ3n) is 3.02. The maximum Gasteiger partial charge on any atom is 0.509 e. The summed E-state index contributed by atoms with van der Waals surface area (Å²) in [4.78, 5) is 2.00. The smallest absolute Gasteiger partial charge is 0.492 e. The van der Waals surface area contributed by atoms with Gasteiger partial charge in [0.2, 0.25) is 0 Å². The second-order valence-electron chi connectivity index (χ2n) is 4.99. The Labute approximate surface area is 116 Å². The maximum absolute atomic E-state index is 12.7. The Balaban J connectivity index is 2.19. The van der Waals surface area contributed by atoms with Crippen LogP contribution < -0.4 is 10.2 Å². The number of benzene rings is 2. The van der Waals surface area contributed by atoms with Gasteiger partial charge in [-0.15, -0.1) is 5.46 Å². The summed E-state index contributed by atoms with van der Waals surface area (Å²) in [5.74, 6) is 0.671. The van der Waals surface area contributed by atoms with Gasteiger partial charge in [0.25, 0.3) is 0 Å². The molecule has 0 atom stereocenters. The van der Waals surface area contributed by atoms with Gasteiger partial charge in [0.05, 0.1) is 0 Å². The highest BCUT2D eigenvalue weighted by molar-refractivity contribution is 6.73. The van der Waals surface area contributed by atoms with Gasteiger partial charge in [-0.05, 0) is 37.0 Å². The number of halogens is 3. The van der Waals surface area contributed by atoms with E-state index in [2.05, 4.69) is 0 Å². The molecule has 0 amide bonds. The largest absolute Gasteiger partial charge is 0.509 e. The van der Waals surface area contributed by atoms with E-state index in [1.807, 2.05) is 19.0 Å². The summed E-state index contributed by atoms with van der Waals surface area (Å²) in [5.41, 5.74) is -0.571. The highest BCUT2D eigenvalue weighted by Gasteiger charge is 2.25. The first-order chi connectivity index (χ1) is 9.36. The van der Waals surface area contributed by atoms with Crippen LogP contribution >= 0.6 is 0 Å². The van der Waals surface area contributed by atoms with Crippen LogP contribution in [0.2, 0.25) is 0 Å². The predicted molar refractivity (Wildman–Crippen MR) is 76.7 cm³/mol. The lowest BCUT2D eigenvalue weighted by atomic mass is 9.79. The quantitative estimate of drug-likeness (QED) is 0.782. The van der Waals surface area contributed by atoms with Crippen molar-refractivity contribution in [3.63, 3.8) is 0 Å². The minimum atomic E-state index is -4.95. The molecule has 0 saturated carbocycles. The highest BCUT2D eigenvalue weighted by Crippen LogP contribution is 2.21. The van der Waals surface area contributed by atoms with Crippen molar-refractivity contribution >= 4 is 23.2 Å². The molecule has 20 heavy (non-hydrogen) atoms. The number of ether oxygens (including phenoxy) is 1. The summed E-state index contributed by atoms with van der Waals surface area (Å²) in [6.07, 6.45) is 0. The number of hydrogen-bond donors (Lipinski definition) is 0. The Kier molecular flexibility index (Phi) is 4.23. The number of hydrogen-bond acceptors (Lipinski definition) is 2. The van der Waals surface area contributed by atoms with Crippen molar-refractivity contribution in [3.05, 3.63) is 36.4 Å². The molecular weight excluding hydrogens is 266 g/mol. The topological polar surface area (TPSA) is 12.5 Å². The van der Waals surface area contributed by atoms with Crippen LogP contribution in [0.15, 0.2) is 36.4 Å². The molecule has 2 aromatic rings. The van der Waals surface area contributed by atoms with E-state index in [1.165, 1.54) is 12.1 Å². The summed E-state index contributed by atoms with van der Waals surface area (Å²) in [6, 6.07) is 8.90. The van der Waals surface area contributed by atoms with Crippen molar-refractivity contribution in [1.82, 2.24) is 4.90 Å². The van der Waals surface area contributed by atoms with Gasteiger partial charge in [-0.2, -0.15) is 0 Å². The molecule has 0 aliphatic heterocycles. The standard InChI is InChI=1S/C14H16BF3NO/c1-19(2)7-8-20-14-6-4-11-9-13(15(16,17)18)5-3-12(11)10-14/h3-6,9-10H,7-8H2,1-2H3/q-1. The number of nitrogens with zero attached hydrogens (tertiary/aromatic N) is 1. The SMILES string of the molecule is CN(C)CCOc1ccc2cc([B-](F)(F)F)ccc2c1. The Hall–Kier alpha value is -1.69. The molecule has 0 aliphatic rings. The van der Waals surface area contributed by atoms with Crippen molar-refractivity contribution in [2.24, 2.45) is 0 Å². The van der Waals surface area contributed by atoms with Gasteiger partial charge in [-0.3, -0.25) is 0 Å². The average molecular weight is 282 g/mol. The van der Waals surface area contributed by atoms with Crippen molar-refractivity contribution in [2.45, 2.75) is 0 Å². The third kappa shape index (κ3) is 3.66. The molecular formula is C14H16BF3NO-. The molecule has 0 heterocycles. The van der Waals surface area contributed by atoms with E-state index < -0.39 is 12.4 Å². The fraction of sp³-hybridized carbons (Fsp3) is 0.286. The van der Waals surface area contributed by atoms with Gasteiger partial charge in [0, 0.05) is 6.54 Å². The van der Waals surface area contributed by atoms with E-state index in [1.54, 1.807) is 18.2 Å². The van der Waals surface area contributed by atoms with Crippen LogP contribution in [0.4, 0.5) is 12.9 Å².